The van der Waals surface area contributed by atoms with Crippen LogP contribution in [0.4, 0.5) is 11.8 Å². The second-order valence-corrected chi connectivity index (χ2v) is 2.87. The second-order valence-electron chi connectivity index (χ2n) is 2.87. The highest BCUT2D eigenvalue weighted by molar-refractivity contribution is 5.81. The van der Waals surface area contributed by atoms with E-state index in [-0.39, 0.29) is 12.4 Å². The lowest BCUT2D eigenvalue weighted by Gasteiger charge is -2.03. The van der Waals surface area contributed by atoms with E-state index in [4.69, 9.17) is 10.8 Å². The number of aliphatic hydroxyl groups is 1. The van der Waals surface area contributed by atoms with Crippen LogP contribution in [0.1, 0.15) is 5.69 Å². The molecule has 4 N–H and O–H groups in total. The molecule has 0 bridgehead atoms. The fraction of sp³-hybridized carbons (Fsp3) is 0.250. The summed E-state index contributed by atoms with van der Waals surface area (Å²) in [6, 6.07) is 0. The normalized spacial score (nSPS) is 10.5. The number of aliphatic hydroxyl groups excluding tert-OH is 1. The quantitative estimate of drug-likeness (QED) is 0.609. The topological polar surface area (TPSA) is 110 Å². The largest absolute Gasteiger partial charge is 0.390 e. The lowest BCUT2D eigenvalue weighted by Crippen LogP contribution is -2.04. The van der Waals surface area contributed by atoms with Gasteiger partial charge in [-0.1, -0.05) is 0 Å². The maximum absolute atomic E-state index is 8.89. The highest BCUT2D eigenvalue weighted by Gasteiger charge is 2.07. The Balaban J connectivity index is 2.68. The number of nitrogens with zero attached hydrogens (tertiary/aromatic N) is 4. The second kappa shape index (κ2) is 3.62. The summed E-state index contributed by atoms with van der Waals surface area (Å²) in [6.07, 6.45) is 1.45. The van der Waals surface area contributed by atoms with Crippen LogP contribution in [0.3, 0.4) is 0 Å². The van der Waals surface area contributed by atoms with Crippen molar-refractivity contribution >= 4 is 22.9 Å². The fourth-order valence-corrected chi connectivity index (χ4v) is 1.15. The lowest BCUT2D eigenvalue weighted by atomic mass is 10.4. The van der Waals surface area contributed by atoms with Crippen molar-refractivity contribution in [2.45, 2.75) is 6.61 Å². The number of nitrogens with one attached hydrogen (secondary N) is 1. The van der Waals surface area contributed by atoms with Crippen LogP contribution in [0.15, 0.2) is 6.20 Å². The maximum Gasteiger partial charge on any atom is 0.226 e. The maximum atomic E-state index is 8.89. The number of aromatic nitrogens is 4. The van der Waals surface area contributed by atoms with Crippen LogP contribution in [0.2, 0.25) is 0 Å². The minimum atomic E-state index is -0.184. The molecule has 0 amide bonds. The molecular weight excluding hydrogens is 196 g/mol. The number of fused-ring (bicyclic) bond motifs is 1. The third kappa shape index (κ3) is 1.64. The van der Waals surface area contributed by atoms with Crippen molar-refractivity contribution in [2.24, 2.45) is 0 Å². The van der Waals surface area contributed by atoms with Gasteiger partial charge in [0.25, 0.3) is 0 Å². The molecule has 0 unspecified atom stereocenters. The van der Waals surface area contributed by atoms with Crippen molar-refractivity contribution in [1.29, 1.82) is 0 Å². The van der Waals surface area contributed by atoms with Crippen LogP contribution in [0.25, 0.3) is 11.2 Å². The zero-order valence-corrected chi connectivity index (χ0v) is 8.10. The predicted molar refractivity (Wildman–Crippen MR) is 55.0 cm³/mol. The molecule has 0 atom stereocenters. The molecule has 2 rings (SSSR count). The molecular formula is C8H10N6O. The van der Waals surface area contributed by atoms with Gasteiger partial charge in [-0.2, -0.15) is 9.97 Å². The van der Waals surface area contributed by atoms with Crippen LogP contribution in [0, 0.1) is 0 Å². The first-order chi connectivity index (χ1) is 7.24. The smallest absolute Gasteiger partial charge is 0.226 e. The third-order valence-electron chi connectivity index (χ3n) is 1.87. The predicted octanol–water partition coefficient (Wildman–Crippen LogP) is -0.464. The number of anilines is 2. The zero-order chi connectivity index (χ0) is 10.8. The number of hydrogen-bond donors (Lipinski definition) is 3. The Morgan fingerprint density at radius 3 is 2.87 bits per heavy atom. The highest BCUT2D eigenvalue weighted by Crippen LogP contribution is 2.15. The standard InChI is InChI=1S/C8H10N6O/c1-10-8-13-6(9)5-7(14-8)11-2-4(3-15)12-5/h2,15H,3H2,1H3,(H3,9,10,11,13,14). The van der Waals surface area contributed by atoms with Crippen LogP contribution in [-0.2, 0) is 6.61 Å². The van der Waals surface area contributed by atoms with Gasteiger partial charge in [0.1, 0.15) is 0 Å². The summed E-state index contributed by atoms with van der Waals surface area (Å²) in [6.45, 7) is -0.184. The van der Waals surface area contributed by atoms with Crippen LogP contribution >= 0.6 is 0 Å². The summed E-state index contributed by atoms with van der Waals surface area (Å²) in [5.74, 6) is 0.637. The number of nitrogens with two attached hydrogens (primary N) is 1. The van der Waals surface area contributed by atoms with Crippen molar-refractivity contribution < 1.29 is 5.11 Å². The molecule has 0 aliphatic heterocycles. The van der Waals surface area contributed by atoms with E-state index < -0.39 is 0 Å². The van der Waals surface area contributed by atoms with Crippen molar-refractivity contribution in [2.75, 3.05) is 18.1 Å². The number of nitrogen functional groups attached to an aromatic ring is 1. The molecule has 0 saturated carbocycles. The molecule has 0 aliphatic rings. The van der Waals surface area contributed by atoms with E-state index in [9.17, 15) is 0 Å². The first-order valence-corrected chi connectivity index (χ1v) is 4.32. The Labute approximate surface area is 85.4 Å². The Bertz CT molecular complexity index is 500. The molecule has 0 aromatic carbocycles. The third-order valence-corrected chi connectivity index (χ3v) is 1.87. The number of hydrogen-bond acceptors (Lipinski definition) is 7. The van der Waals surface area contributed by atoms with Crippen molar-refractivity contribution in [3.8, 4) is 0 Å². The van der Waals surface area contributed by atoms with Gasteiger partial charge in [-0.3, -0.25) is 0 Å². The molecule has 0 radical (unpaired) electrons. The van der Waals surface area contributed by atoms with E-state index in [2.05, 4.69) is 25.3 Å². The first kappa shape index (κ1) is 9.53. The summed E-state index contributed by atoms with van der Waals surface area (Å²) in [7, 11) is 1.69. The van der Waals surface area contributed by atoms with E-state index in [0.29, 0.717) is 22.8 Å². The highest BCUT2D eigenvalue weighted by atomic mass is 16.3. The molecule has 2 aromatic rings. The molecule has 7 heteroatoms. The molecule has 0 aliphatic carbocycles. The van der Waals surface area contributed by atoms with Gasteiger partial charge in [0.2, 0.25) is 5.95 Å². The molecule has 0 fully saturated rings. The molecule has 7 nitrogen and oxygen atoms in total. The van der Waals surface area contributed by atoms with E-state index >= 15 is 0 Å². The summed E-state index contributed by atoms with van der Waals surface area (Å²) in [5.41, 5.74) is 6.93. The Hall–Kier alpha value is -2.02. The van der Waals surface area contributed by atoms with Gasteiger partial charge in [0.15, 0.2) is 17.0 Å². The molecule has 2 heterocycles. The zero-order valence-electron chi connectivity index (χ0n) is 8.10. The van der Waals surface area contributed by atoms with E-state index in [1.54, 1.807) is 7.05 Å². The summed E-state index contributed by atoms with van der Waals surface area (Å²) in [5, 5.41) is 11.7. The molecule has 78 valence electrons. The summed E-state index contributed by atoms with van der Waals surface area (Å²) in [4.78, 5) is 16.1. The van der Waals surface area contributed by atoms with Gasteiger partial charge in [-0.05, 0) is 0 Å². The minimum Gasteiger partial charge on any atom is -0.390 e. The Morgan fingerprint density at radius 1 is 1.40 bits per heavy atom. The van der Waals surface area contributed by atoms with Crippen LogP contribution < -0.4 is 11.1 Å². The average molecular weight is 206 g/mol. The Kier molecular flexibility index (Phi) is 2.30. The van der Waals surface area contributed by atoms with E-state index in [1.165, 1.54) is 6.20 Å². The van der Waals surface area contributed by atoms with E-state index in [0.717, 1.165) is 0 Å². The molecule has 0 spiro atoms. The minimum absolute atomic E-state index is 0.184. The van der Waals surface area contributed by atoms with Gasteiger partial charge in [0.05, 0.1) is 18.5 Å². The Morgan fingerprint density at radius 2 is 2.20 bits per heavy atom. The molecule has 15 heavy (non-hydrogen) atoms. The van der Waals surface area contributed by atoms with Crippen molar-refractivity contribution in [3.63, 3.8) is 0 Å². The number of rotatable bonds is 2. The van der Waals surface area contributed by atoms with Crippen LogP contribution in [0.5, 0.6) is 0 Å². The van der Waals surface area contributed by atoms with Crippen molar-refractivity contribution in [3.05, 3.63) is 11.9 Å². The van der Waals surface area contributed by atoms with Crippen molar-refractivity contribution in [1.82, 2.24) is 19.9 Å². The van der Waals surface area contributed by atoms with Crippen LogP contribution in [-0.4, -0.2) is 32.1 Å². The first-order valence-electron chi connectivity index (χ1n) is 4.32. The lowest BCUT2D eigenvalue weighted by molar-refractivity contribution is 0.277. The molecule has 2 aromatic heterocycles. The van der Waals surface area contributed by atoms with Gasteiger partial charge in [-0.25, -0.2) is 9.97 Å². The van der Waals surface area contributed by atoms with Gasteiger partial charge in [-0.15, -0.1) is 0 Å². The SMILES string of the molecule is CNc1nc(N)c2nc(CO)cnc2n1. The fourth-order valence-electron chi connectivity index (χ4n) is 1.15. The summed E-state index contributed by atoms with van der Waals surface area (Å²) < 4.78 is 0. The van der Waals surface area contributed by atoms with E-state index in [1.807, 2.05) is 0 Å². The van der Waals surface area contributed by atoms with Gasteiger partial charge >= 0.3 is 0 Å². The monoisotopic (exact) mass is 206 g/mol. The summed E-state index contributed by atoms with van der Waals surface area (Å²) >= 11 is 0. The molecule has 0 saturated heterocycles. The van der Waals surface area contributed by atoms with Gasteiger partial charge < -0.3 is 16.2 Å². The average Bonchev–Trinajstić information content (AvgIpc) is 2.28. The van der Waals surface area contributed by atoms with Gasteiger partial charge in [0, 0.05) is 7.05 Å².